The van der Waals surface area contributed by atoms with E-state index in [0.29, 0.717) is 16.6 Å². The lowest BCUT2D eigenvalue weighted by Crippen LogP contribution is -2.43. The van der Waals surface area contributed by atoms with Gasteiger partial charge in [0.2, 0.25) is 0 Å². The van der Waals surface area contributed by atoms with Crippen molar-refractivity contribution in [3.8, 4) is 0 Å². The first-order chi connectivity index (χ1) is 21.0. The van der Waals surface area contributed by atoms with Crippen LogP contribution in [-0.2, 0) is 32.6 Å². The Morgan fingerprint density at radius 3 is 2.57 bits per heavy atom. The number of anilines is 1. The molecule has 44 heavy (non-hydrogen) atoms. The highest BCUT2D eigenvalue weighted by atomic mass is 79.9. The van der Waals surface area contributed by atoms with Gasteiger partial charge in [-0.1, -0.05) is 41.4 Å². The van der Waals surface area contributed by atoms with Gasteiger partial charge in [-0.25, -0.2) is 17.6 Å². The van der Waals surface area contributed by atoms with E-state index >= 15 is 0 Å². The summed E-state index contributed by atoms with van der Waals surface area (Å²) in [6.45, 7) is -0.124. The maximum atomic E-state index is 13.9. The van der Waals surface area contributed by atoms with Crippen molar-refractivity contribution >= 4 is 89.5 Å². The molecule has 16 heteroatoms. The maximum absolute atomic E-state index is 13.9. The standard InChI is InChI=1S/C28H19BrCl2FN5O5S2/c29-18-9-15(6-7-21(18)32)10-24(28(39)42-14-16-3-2-8-33-13-16)34-27(38)17-11-19(30)20(31)12-23(17)37-44(40,41)25-5-1-4-22-26(25)36-43-35-22/h1-9,11-13,24,37H,10,14H2,(H,34,38). The van der Waals surface area contributed by atoms with Crippen LogP contribution in [-0.4, -0.2) is 40.1 Å². The van der Waals surface area contributed by atoms with Gasteiger partial charge in [-0.3, -0.25) is 14.5 Å². The fourth-order valence-corrected chi connectivity index (χ4v) is 6.68. The van der Waals surface area contributed by atoms with Gasteiger partial charge in [-0.15, -0.1) is 0 Å². The van der Waals surface area contributed by atoms with Crippen LogP contribution in [0, 0.1) is 5.82 Å². The molecular formula is C28H19BrCl2FN5O5S2. The molecule has 0 aliphatic carbocycles. The fraction of sp³-hybridized carbons (Fsp3) is 0.107. The van der Waals surface area contributed by atoms with Gasteiger partial charge in [0.15, 0.2) is 0 Å². The Balaban J connectivity index is 1.45. The molecule has 0 radical (unpaired) electrons. The summed E-state index contributed by atoms with van der Waals surface area (Å²) >= 11 is 16.4. The van der Waals surface area contributed by atoms with Gasteiger partial charge in [-0.2, -0.15) is 8.75 Å². The van der Waals surface area contributed by atoms with Crippen molar-refractivity contribution in [2.75, 3.05) is 4.72 Å². The van der Waals surface area contributed by atoms with E-state index in [0.717, 1.165) is 11.7 Å². The van der Waals surface area contributed by atoms with Crippen molar-refractivity contribution in [2.45, 2.75) is 24.0 Å². The minimum absolute atomic E-state index is 0.0296. The van der Waals surface area contributed by atoms with Crippen molar-refractivity contribution in [1.82, 2.24) is 19.0 Å². The quantitative estimate of drug-likeness (QED) is 0.162. The molecule has 0 fully saturated rings. The molecule has 0 saturated carbocycles. The molecule has 0 aliphatic rings. The first-order valence-corrected chi connectivity index (χ1v) is 16.3. The lowest BCUT2D eigenvalue weighted by atomic mass is 10.0. The molecule has 0 bridgehead atoms. The van der Waals surface area contributed by atoms with Crippen LogP contribution < -0.4 is 10.0 Å². The number of pyridine rings is 1. The summed E-state index contributed by atoms with van der Waals surface area (Å²) < 4.78 is 56.9. The number of esters is 1. The third-order valence-electron chi connectivity index (χ3n) is 6.21. The number of hydrogen-bond donors (Lipinski definition) is 2. The lowest BCUT2D eigenvalue weighted by molar-refractivity contribution is -0.147. The smallest absolute Gasteiger partial charge is 0.329 e. The van der Waals surface area contributed by atoms with Crippen LogP contribution in [0.5, 0.6) is 0 Å². The van der Waals surface area contributed by atoms with Crippen LogP contribution in [0.2, 0.25) is 10.0 Å². The molecule has 3 aromatic carbocycles. The molecule has 226 valence electrons. The van der Waals surface area contributed by atoms with Gasteiger partial charge in [0.1, 0.15) is 34.4 Å². The highest BCUT2D eigenvalue weighted by Gasteiger charge is 2.28. The largest absolute Gasteiger partial charge is 0.459 e. The number of carbonyl (C=O) groups is 2. The Morgan fingerprint density at radius 2 is 1.82 bits per heavy atom. The molecule has 0 spiro atoms. The summed E-state index contributed by atoms with van der Waals surface area (Å²) in [5.74, 6) is -2.17. The van der Waals surface area contributed by atoms with Crippen LogP contribution in [0.1, 0.15) is 21.5 Å². The van der Waals surface area contributed by atoms with Crippen molar-refractivity contribution < 1.29 is 27.1 Å². The molecular weight excluding hydrogens is 720 g/mol. The highest BCUT2D eigenvalue weighted by molar-refractivity contribution is 9.10. The third-order valence-corrected chi connectivity index (χ3v) is 9.47. The second-order valence-corrected chi connectivity index (χ2v) is 13.1. The number of nitrogens with one attached hydrogen (secondary N) is 2. The topological polar surface area (TPSA) is 140 Å². The zero-order chi connectivity index (χ0) is 31.4. The summed E-state index contributed by atoms with van der Waals surface area (Å²) in [7, 11) is -4.30. The number of ether oxygens (including phenoxy) is 1. The van der Waals surface area contributed by atoms with Gasteiger partial charge in [0.05, 0.1) is 37.5 Å². The fourth-order valence-electron chi connectivity index (χ4n) is 4.09. The Hall–Kier alpha value is -3.69. The molecule has 0 saturated heterocycles. The van der Waals surface area contributed by atoms with Gasteiger partial charge in [-0.05, 0) is 64.0 Å². The number of fused-ring (bicyclic) bond motifs is 1. The van der Waals surface area contributed by atoms with E-state index in [2.05, 4.69) is 39.7 Å². The van der Waals surface area contributed by atoms with E-state index in [4.69, 9.17) is 27.9 Å². The number of sulfonamides is 1. The second kappa shape index (κ2) is 13.5. The molecule has 1 amide bonds. The number of hydrogen-bond acceptors (Lipinski definition) is 9. The predicted molar refractivity (Wildman–Crippen MR) is 168 cm³/mol. The first kappa shape index (κ1) is 31.7. The lowest BCUT2D eigenvalue weighted by Gasteiger charge is -2.20. The number of benzene rings is 3. The van der Waals surface area contributed by atoms with Crippen LogP contribution in [0.3, 0.4) is 0 Å². The molecule has 5 aromatic rings. The maximum Gasteiger partial charge on any atom is 0.329 e. The van der Waals surface area contributed by atoms with E-state index < -0.39 is 33.8 Å². The van der Waals surface area contributed by atoms with E-state index in [1.807, 2.05) is 0 Å². The minimum Gasteiger partial charge on any atom is -0.459 e. The van der Waals surface area contributed by atoms with Crippen LogP contribution >= 0.6 is 50.9 Å². The van der Waals surface area contributed by atoms with Crippen LogP contribution in [0.25, 0.3) is 11.0 Å². The zero-order valence-corrected chi connectivity index (χ0v) is 26.9. The Morgan fingerprint density at radius 1 is 1.02 bits per heavy atom. The van der Waals surface area contributed by atoms with Crippen molar-refractivity contribution in [3.05, 3.63) is 110 Å². The normalized spacial score (nSPS) is 12.1. The molecule has 2 N–H and O–H groups in total. The zero-order valence-electron chi connectivity index (χ0n) is 22.1. The van der Waals surface area contributed by atoms with E-state index in [1.165, 1.54) is 48.7 Å². The SMILES string of the molecule is O=C(NC(Cc1ccc(F)c(Br)c1)C(=O)OCc1cccnc1)c1cc(Cl)c(Cl)cc1NS(=O)(=O)c1cccc2nsnc12. The average molecular weight is 739 g/mol. The highest BCUT2D eigenvalue weighted by Crippen LogP contribution is 2.32. The summed E-state index contributed by atoms with van der Waals surface area (Å²) in [6, 6.07) is 13.1. The predicted octanol–water partition coefficient (Wildman–Crippen LogP) is 6.18. The van der Waals surface area contributed by atoms with E-state index in [-0.39, 0.29) is 49.2 Å². The molecule has 2 aromatic heterocycles. The number of rotatable bonds is 10. The number of carbonyl (C=O) groups excluding carboxylic acids is 2. The van der Waals surface area contributed by atoms with Crippen molar-refractivity contribution in [2.24, 2.45) is 0 Å². The van der Waals surface area contributed by atoms with Crippen molar-refractivity contribution in [3.63, 3.8) is 0 Å². The van der Waals surface area contributed by atoms with E-state index in [9.17, 15) is 22.4 Å². The van der Waals surface area contributed by atoms with Gasteiger partial charge >= 0.3 is 5.97 Å². The van der Waals surface area contributed by atoms with Crippen molar-refractivity contribution in [1.29, 1.82) is 0 Å². The Labute approximate surface area is 273 Å². The van der Waals surface area contributed by atoms with Crippen LogP contribution in [0.15, 0.2) is 82.4 Å². The molecule has 1 atom stereocenters. The van der Waals surface area contributed by atoms with E-state index in [1.54, 1.807) is 24.4 Å². The minimum atomic E-state index is -4.30. The number of nitrogens with zero attached hydrogens (tertiary/aromatic N) is 3. The summed E-state index contributed by atoms with van der Waals surface area (Å²) in [5, 5.41) is 2.53. The Kier molecular flexibility index (Phi) is 9.75. The number of aromatic nitrogens is 3. The second-order valence-electron chi connectivity index (χ2n) is 9.25. The number of halogens is 4. The number of amides is 1. The molecule has 0 aliphatic heterocycles. The van der Waals surface area contributed by atoms with Gasteiger partial charge < -0.3 is 10.1 Å². The molecule has 2 heterocycles. The first-order valence-electron chi connectivity index (χ1n) is 12.6. The third kappa shape index (κ3) is 7.33. The molecule has 5 rings (SSSR count). The Bertz CT molecular complexity index is 1980. The summed E-state index contributed by atoms with van der Waals surface area (Å²) in [6.07, 6.45) is 3.00. The molecule has 1 unspecified atom stereocenters. The van der Waals surface area contributed by atoms with Gasteiger partial charge in [0.25, 0.3) is 15.9 Å². The monoisotopic (exact) mass is 737 g/mol. The molecule has 10 nitrogen and oxygen atoms in total. The average Bonchev–Trinajstić information content (AvgIpc) is 3.48. The summed E-state index contributed by atoms with van der Waals surface area (Å²) in [4.78, 5) is 30.7. The van der Waals surface area contributed by atoms with Gasteiger partial charge in [0, 0.05) is 24.4 Å². The van der Waals surface area contributed by atoms with Crippen LogP contribution in [0.4, 0.5) is 10.1 Å². The summed E-state index contributed by atoms with van der Waals surface area (Å²) in [5.41, 5.74) is 1.22.